The highest BCUT2D eigenvalue weighted by Crippen LogP contribution is 2.39. The minimum absolute atomic E-state index is 0.210. The molecule has 2 aliphatic rings. The Bertz CT molecular complexity index is 620. The van der Waals surface area contributed by atoms with E-state index in [-0.39, 0.29) is 11.3 Å². The molecule has 1 amide bonds. The monoisotopic (exact) mass is 305 g/mol. The van der Waals surface area contributed by atoms with E-state index >= 15 is 0 Å². The second-order valence-electron chi connectivity index (χ2n) is 5.81. The summed E-state index contributed by atoms with van der Waals surface area (Å²) < 4.78 is 1.19. The van der Waals surface area contributed by atoms with Crippen LogP contribution < -0.4 is 0 Å². The molecule has 1 aromatic carbocycles. The first-order valence-corrected chi connectivity index (χ1v) is 8.43. The van der Waals surface area contributed by atoms with Crippen LogP contribution in [0.5, 0.6) is 0 Å². The molecule has 0 N–H and O–H groups in total. The fourth-order valence-corrected chi connectivity index (χ4v) is 5.08. The molecule has 3 heterocycles. The summed E-state index contributed by atoms with van der Waals surface area (Å²) in [5.74, 6) is 0.210. The van der Waals surface area contributed by atoms with Crippen LogP contribution in [0.25, 0.3) is 10.1 Å². The van der Waals surface area contributed by atoms with E-state index in [2.05, 4.69) is 17.0 Å². The number of carbonyl (C=O) groups is 1. The molecule has 0 saturated carbocycles. The number of carbonyl (C=O) groups excluding carboxylic acids is 1. The van der Waals surface area contributed by atoms with E-state index in [4.69, 9.17) is 11.6 Å². The van der Waals surface area contributed by atoms with Crippen LogP contribution in [0, 0.1) is 0 Å². The van der Waals surface area contributed by atoms with Gasteiger partial charge in [-0.1, -0.05) is 18.2 Å². The molecule has 0 radical (unpaired) electrons. The summed E-state index contributed by atoms with van der Waals surface area (Å²) in [6, 6.07) is 10.9. The molecule has 2 saturated heterocycles. The van der Waals surface area contributed by atoms with Crippen molar-refractivity contribution in [2.24, 2.45) is 0 Å². The summed E-state index contributed by atoms with van der Waals surface area (Å²) in [6.45, 7) is 0. The van der Waals surface area contributed by atoms with Crippen LogP contribution in [0.3, 0.4) is 0 Å². The number of hydrogen-bond acceptors (Lipinski definition) is 2. The lowest BCUT2D eigenvalue weighted by Crippen LogP contribution is -2.46. The third-order valence-corrected chi connectivity index (χ3v) is 6.01. The lowest BCUT2D eigenvalue weighted by molar-refractivity contribution is 0.0605. The molecular formula is C16H16ClNOS. The molecule has 4 rings (SSSR count). The van der Waals surface area contributed by atoms with Gasteiger partial charge in [0.15, 0.2) is 0 Å². The van der Waals surface area contributed by atoms with Crippen molar-refractivity contribution in [3.63, 3.8) is 0 Å². The highest BCUT2D eigenvalue weighted by Gasteiger charge is 2.43. The Morgan fingerprint density at radius 2 is 1.90 bits per heavy atom. The van der Waals surface area contributed by atoms with E-state index in [0.29, 0.717) is 12.1 Å². The molecule has 0 aliphatic carbocycles. The van der Waals surface area contributed by atoms with Gasteiger partial charge < -0.3 is 4.90 Å². The number of halogens is 1. The molecule has 2 aromatic rings. The Morgan fingerprint density at radius 3 is 2.60 bits per heavy atom. The Morgan fingerprint density at radius 1 is 1.20 bits per heavy atom. The topological polar surface area (TPSA) is 20.3 Å². The molecule has 2 aliphatic heterocycles. The third kappa shape index (κ3) is 1.95. The number of fused-ring (bicyclic) bond motifs is 3. The molecule has 2 bridgehead atoms. The number of hydrogen-bond donors (Lipinski definition) is 0. The predicted molar refractivity (Wildman–Crippen MR) is 83.7 cm³/mol. The van der Waals surface area contributed by atoms with Gasteiger partial charge in [-0.3, -0.25) is 4.79 Å². The van der Waals surface area contributed by atoms with Crippen molar-refractivity contribution in [1.82, 2.24) is 4.90 Å². The van der Waals surface area contributed by atoms with Gasteiger partial charge in [0, 0.05) is 22.2 Å². The number of benzene rings is 1. The number of piperidine rings is 1. The summed E-state index contributed by atoms with van der Waals surface area (Å²) in [4.78, 5) is 15.8. The van der Waals surface area contributed by atoms with Gasteiger partial charge in [-0.2, -0.15) is 0 Å². The van der Waals surface area contributed by atoms with Gasteiger partial charge in [0.25, 0.3) is 5.91 Å². The van der Waals surface area contributed by atoms with Gasteiger partial charge in [-0.25, -0.2) is 0 Å². The van der Waals surface area contributed by atoms with Crippen molar-refractivity contribution in [3.05, 3.63) is 35.2 Å². The van der Waals surface area contributed by atoms with E-state index in [9.17, 15) is 4.79 Å². The van der Waals surface area contributed by atoms with E-state index < -0.39 is 0 Å². The molecule has 2 fully saturated rings. The fraction of sp³-hybridized carbons (Fsp3) is 0.438. The average molecular weight is 306 g/mol. The number of amides is 1. The van der Waals surface area contributed by atoms with Gasteiger partial charge >= 0.3 is 0 Å². The lowest BCUT2D eigenvalue weighted by Gasteiger charge is -2.36. The Balaban J connectivity index is 1.67. The highest BCUT2D eigenvalue weighted by atomic mass is 35.5. The molecule has 2 nitrogen and oxygen atoms in total. The summed E-state index contributed by atoms with van der Waals surface area (Å²) in [5, 5.41) is 1.42. The molecule has 20 heavy (non-hydrogen) atoms. The average Bonchev–Trinajstić information content (AvgIpc) is 2.98. The van der Waals surface area contributed by atoms with Crippen molar-refractivity contribution in [2.75, 3.05) is 0 Å². The zero-order chi connectivity index (χ0) is 13.7. The fourth-order valence-electron chi connectivity index (χ4n) is 3.66. The third-order valence-electron chi connectivity index (χ3n) is 4.55. The smallest absolute Gasteiger partial charge is 0.264 e. The predicted octanol–water partition coefficient (Wildman–Crippen LogP) is 4.28. The maximum atomic E-state index is 12.8. The Labute approximate surface area is 127 Å². The van der Waals surface area contributed by atoms with E-state index in [1.165, 1.54) is 10.1 Å². The summed E-state index contributed by atoms with van der Waals surface area (Å²) >= 11 is 7.90. The van der Waals surface area contributed by atoms with Crippen LogP contribution in [0.15, 0.2) is 30.3 Å². The first kappa shape index (κ1) is 12.7. The van der Waals surface area contributed by atoms with Crippen molar-refractivity contribution >= 4 is 38.9 Å². The van der Waals surface area contributed by atoms with Crippen molar-refractivity contribution in [2.45, 2.75) is 43.1 Å². The van der Waals surface area contributed by atoms with Gasteiger partial charge in [0.1, 0.15) is 0 Å². The van der Waals surface area contributed by atoms with Gasteiger partial charge in [-0.15, -0.1) is 22.9 Å². The summed E-state index contributed by atoms with van der Waals surface area (Å²) in [7, 11) is 0. The first-order chi connectivity index (χ1) is 9.72. The molecule has 4 heteroatoms. The van der Waals surface area contributed by atoms with Gasteiger partial charge in [0.05, 0.1) is 4.88 Å². The zero-order valence-corrected chi connectivity index (χ0v) is 12.7. The summed E-state index contributed by atoms with van der Waals surface area (Å²) in [5.41, 5.74) is 0. The molecule has 0 spiro atoms. The van der Waals surface area contributed by atoms with Crippen molar-refractivity contribution in [3.8, 4) is 0 Å². The molecule has 1 aromatic heterocycles. The Hall–Kier alpha value is -1.06. The quantitative estimate of drug-likeness (QED) is 0.720. The number of alkyl halides is 1. The van der Waals surface area contributed by atoms with Crippen LogP contribution in [0.4, 0.5) is 0 Å². The zero-order valence-electron chi connectivity index (χ0n) is 11.1. The van der Waals surface area contributed by atoms with E-state index in [0.717, 1.165) is 30.6 Å². The largest absolute Gasteiger partial charge is 0.332 e. The standard InChI is InChI=1S/C16H16ClNOS/c17-11-8-12-5-6-13(9-11)18(12)16(19)15-7-10-3-1-2-4-14(10)20-15/h1-4,7,11-13H,5-6,8-9H2. The van der Waals surface area contributed by atoms with Gasteiger partial charge in [-0.05, 0) is 43.2 Å². The second kappa shape index (κ2) is 4.74. The number of rotatable bonds is 1. The normalized spacial score (nSPS) is 29.1. The Kier molecular flexibility index (Phi) is 3.00. The number of thiophene rings is 1. The molecule has 104 valence electrons. The second-order valence-corrected chi connectivity index (χ2v) is 7.52. The number of nitrogens with zero attached hydrogens (tertiary/aromatic N) is 1. The highest BCUT2D eigenvalue weighted by molar-refractivity contribution is 7.20. The minimum Gasteiger partial charge on any atom is -0.332 e. The molecule has 2 unspecified atom stereocenters. The van der Waals surface area contributed by atoms with Crippen LogP contribution in [0.1, 0.15) is 35.4 Å². The summed E-state index contributed by atoms with van der Waals surface area (Å²) in [6.07, 6.45) is 4.14. The van der Waals surface area contributed by atoms with E-state index in [1.54, 1.807) is 11.3 Å². The molecular weight excluding hydrogens is 290 g/mol. The first-order valence-electron chi connectivity index (χ1n) is 7.17. The minimum atomic E-state index is 0.210. The van der Waals surface area contributed by atoms with Crippen LogP contribution >= 0.6 is 22.9 Å². The molecule has 2 atom stereocenters. The maximum Gasteiger partial charge on any atom is 0.264 e. The van der Waals surface area contributed by atoms with Crippen LogP contribution in [-0.4, -0.2) is 28.3 Å². The van der Waals surface area contributed by atoms with Crippen molar-refractivity contribution < 1.29 is 4.79 Å². The lowest BCUT2D eigenvalue weighted by atomic mass is 10.0. The van der Waals surface area contributed by atoms with Gasteiger partial charge in [0.2, 0.25) is 0 Å². The SMILES string of the molecule is O=C(c1cc2ccccc2s1)N1C2CCC1CC(Cl)C2. The van der Waals surface area contributed by atoms with Crippen molar-refractivity contribution in [1.29, 1.82) is 0 Å². The maximum absolute atomic E-state index is 12.8. The van der Waals surface area contributed by atoms with E-state index in [1.807, 2.05) is 18.2 Å². The van der Waals surface area contributed by atoms with Crippen LogP contribution in [0.2, 0.25) is 0 Å². The van der Waals surface area contributed by atoms with Crippen LogP contribution in [-0.2, 0) is 0 Å².